The molecule has 22 heavy (non-hydrogen) atoms. The van der Waals surface area contributed by atoms with Crippen LogP contribution < -0.4 is 0 Å². The van der Waals surface area contributed by atoms with Gasteiger partial charge in [-0.15, -0.1) is 11.3 Å². The van der Waals surface area contributed by atoms with Crippen LogP contribution in [0.3, 0.4) is 0 Å². The number of hydrogen-bond acceptors (Lipinski definition) is 6. The highest BCUT2D eigenvalue weighted by atomic mass is 32.1. The smallest absolute Gasteiger partial charge is 0.435 e. The van der Waals surface area contributed by atoms with E-state index in [1.807, 2.05) is 0 Å². The van der Waals surface area contributed by atoms with Crippen LogP contribution in [-0.4, -0.2) is 55.3 Å². The maximum absolute atomic E-state index is 13.0. The Hall–Kier alpha value is -1.19. The number of morpholine rings is 1. The molecule has 124 valence electrons. The number of carbonyl (C=O) groups excluding carboxylic acids is 1. The quantitative estimate of drug-likeness (QED) is 0.771. The Kier molecular flexibility index (Phi) is 5.76. The first-order valence-corrected chi connectivity index (χ1v) is 7.77. The highest BCUT2D eigenvalue weighted by molar-refractivity contribution is 7.13. The molecule has 0 amide bonds. The van der Waals surface area contributed by atoms with Crippen molar-refractivity contribution >= 4 is 17.3 Å². The fraction of sp³-hybridized carbons (Fsp3) is 0.692. The van der Waals surface area contributed by atoms with Crippen molar-refractivity contribution in [2.24, 2.45) is 0 Å². The van der Waals surface area contributed by atoms with Gasteiger partial charge < -0.3 is 9.47 Å². The number of nitrogens with zero attached hydrogens (tertiary/aromatic N) is 2. The molecule has 1 aromatic heterocycles. The molecule has 0 aliphatic carbocycles. The van der Waals surface area contributed by atoms with Gasteiger partial charge >= 0.3 is 12.1 Å². The Morgan fingerprint density at radius 3 is 2.68 bits per heavy atom. The fourth-order valence-corrected chi connectivity index (χ4v) is 3.04. The van der Waals surface area contributed by atoms with Gasteiger partial charge in [-0.2, -0.15) is 13.2 Å². The molecule has 1 aliphatic rings. The molecule has 2 rings (SSSR count). The van der Waals surface area contributed by atoms with Gasteiger partial charge in [0.15, 0.2) is 5.69 Å². The first-order chi connectivity index (χ1) is 10.4. The van der Waals surface area contributed by atoms with Crippen LogP contribution in [0.4, 0.5) is 13.2 Å². The number of aromatic nitrogens is 1. The molecule has 5 nitrogen and oxygen atoms in total. The van der Waals surface area contributed by atoms with Crippen LogP contribution in [-0.2, 0) is 22.1 Å². The summed E-state index contributed by atoms with van der Waals surface area (Å²) in [6.07, 6.45) is -4.29. The maximum Gasteiger partial charge on any atom is 0.435 e. The highest BCUT2D eigenvalue weighted by Gasteiger charge is 2.40. The van der Waals surface area contributed by atoms with E-state index in [9.17, 15) is 18.0 Å². The molecule has 2 heterocycles. The number of alkyl halides is 3. The van der Waals surface area contributed by atoms with Crippen LogP contribution in [0, 0.1) is 0 Å². The van der Waals surface area contributed by atoms with E-state index in [1.54, 1.807) is 6.92 Å². The fourth-order valence-electron chi connectivity index (χ4n) is 2.08. The third-order valence-electron chi connectivity index (χ3n) is 3.15. The van der Waals surface area contributed by atoms with Gasteiger partial charge in [0, 0.05) is 26.1 Å². The zero-order chi connectivity index (χ0) is 16.2. The van der Waals surface area contributed by atoms with Crippen LogP contribution >= 0.6 is 11.3 Å². The van der Waals surface area contributed by atoms with Crippen LogP contribution in [0.2, 0.25) is 0 Å². The van der Waals surface area contributed by atoms with E-state index in [2.05, 4.69) is 14.6 Å². The van der Waals surface area contributed by atoms with Gasteiger partial charge in [-0.3, -0.25) is 4.90 Å². The van der Waals surface area contributed by atoms with Crippen LogP contribution in [0.25, 0.3) is 0 Å². The van der Waals surface area contributed by atoms with Gasteiger partial charge in [0.05, 0.1) is 24.8 Å². The number of thiazole rings is 1. The summed E-state index contributed by atoms with van der Waals surface area (Å²) in [6.45, 7) is 4.92. The van der Waals surface area contributed by atoms with Crippen molar-refractivity contribution in [3.8, 4) is 0 Å². The molecule has 1 aliphatic heterocycles. The number of carbonyl (C=O) groups is 1. The molecule has 0 aromatic carbocycles. The topological polar surface area (TPSA) is 51.7 Å². The minimum Gasteiger partial charge on any atom is -0.462 e. The molecule has 0 bridgehead atoms. The summed E-state index contributed by atoms with van der Waals surface area (Å²) >= 11 is 0.759. The van der Waals surface area contributed by atoms with E-state index in [0.717, 1.165) is 24.4 Å². The number of esters is 1. The summed E-state index contributed by atoms with van der Waals surface area (Å²) in [7, 11) is 0. The van der Waals surface area contributed by atoms with Crippen molar-refractivity contribution in [1.82, 2.24) is 9.88 Å². The molecule has 9 heteroatoms. The Bertz CT molecular complexity index is 513. The van der Waals surface area contributed by atoms with Gasteiger partial charge in [0.25, 0.3) is 0 Å². The summed E-state index contributed by atoms with van der Waals surface area (Å²) in [5, 5.41) is 0.293. The van der Waals surface area contributed by atoms with E-state index in [-0.39, 0.29) is 6.61 Å². The van der Waals surface area contributed by atoms with E-state index in [4.69, 9.17) is 4.74 Å². The number of hydrogen-bond donors (Lipinski definition) is 0. The lowest BCUT2D eigenvalue weighted by Crippen LogP contribution is -2.37. The lowest BCUT2D eigenvalue weighted by molar-refractivity contribution is -0.141. The van der Waals surface area contributed by atoms with Crippen LogP contribution in [0.1, 0.15) is 27.3 Å². The predicted octanol–water partition coefficient (Wildman–Crippen LogP) is 2.21. The first-order valence-electron chi connectivity index (χ1n) is 6.96. The average molecular weight is 338 g/mol. The van der Waals surface area contributed by atoms with Gasteiger partial charge in [0.1, 0.15) is 4.88 Å². The van der Waals surface area contributed by atoms with Crippen LogP contribution in [0.5, 0.6) is 0 Å². The molecular weight excluding hydrogens is 321 g/mol. The average Bonchev–Trinajstić information content (AvgIpc) is 2.91. The number of rotatable bonds is 5. The minimum absolute atomic E-state index is 0.0249. The highest BCUT2D eigenvalue weighted by Crippen LogP contribution is 2.35. The summed E-state index contributed by atoms with van der Waals surface area (Å²) in [5.41, 5.74) is -1.15. The maximum atomic E-state index is 13.0. The van der Waals surface area contributed by atoms with E-state index < -0.39 is 22.7 Å². The lowest BCUT2D eigenvalue weighted by atomic mass is 10.3. The third-order valence-corrected chi connectivity index (χ3v) is 4.24. The van der Waals surface area contributed by atoms with Gasteiger partial charge in [-0.1, -0.05) is 0 Å². The first kappa shape index (κ1) is 17.2. The lowest BCUT2D eigenvalue weighted by Gasteiger charge is -2.25. The molecule has 0 N–H and O–H groups in total. The van der Waals surface area contributed by atoms with Crippen molar-refractivity contribution in [3.63, 3.8) is 0 Å². The van der Waals surface area contributed by atoms with E-state index >= 15 is 0 Å². The summed E-state index contributed by atoms with van der Waals surface area (Å²) in [6, 6.07) is 0. The predicted molar refractivity (Wildman–Crippen MR) is 74.0 cm³/mol. The van der Waals surface area contributed by atoms with Crippen molar-refractivity contribution in [2.75, 3.05) is 39.5 Å². The number of halogens is 3. The van der Waals surface area contributed by atoms with E-state index in [0.29, 0.717) is 31.2 Å². The second-order valence-corrected chi connectivity index (χ2v) is 5.79. The molecule has 1 saturated heterocycles. The number of ether oxygens (including phenoxy) is 2. The summed E-state index contributed by atoms with van der Waals surface area (Å²) < 4.78 is 48.8. The largest absolute Gasteiger partial charge is 0.462 e. The SMILES string of the molecule is CCOC(=O)c1sc(CCN2CCOCC2)nc1C(F)(F)F. The molecule has 0 spiro atoms. The molecule has 1 fully saturated rings. The Labute approximate surface area is 130 Å². The molecule has 1 aromatic rings. The molecule has 0 unspecified atom stereocenters. The molecule has 0 radical (unpaired) electrons. The van der Waals surface area contributed by atoms with Gasteiger partial charge in [0.2, 0.25) is 0 Å². The normalized spacial score (nSPS) is 16.7. The standard InChI is InChI=1S/C13H17F3N2O3S/c1-2-21-12(19)10-11(13(14,15)16)17-9(22-10)3-4-18-5-7-20-8-6-18/h2-8H2,1H3. The molecular formula is C13H17F3N2O3S. The third kappa shape index (κ3) is 4.40. The monoisotopic (exact) mass is 338 g/mol. The minimum atomic E-state index is -4.66. The Morgan fingerprint density at radius 1 is 1.41 bits per heavy atom. The zero-order valence-corrected chi connectivity index (χ0v) is 12.9. The summed E-state index contributed by atoms with van der Waals surface area (Å²) in [4.78, 5) is 16.9. The van der Waals surface area contributed by atoms with E-state index in [1.165, 1.54) is 0 Å². The second-order valence-electron chi connectivity index (χ2n) is 4.71. The zero-order valence-electron chi connectivity index (χ0n) is 12.1. The molecule has 0 atom stereocenters. The Morgan fingerprint density at radius 2 is 2.09 bits per heavy atom. The van der Waals surface area contributed by atoms with Crippen molar-refractivity contribution in [3.05, 3.63) is 15.6 Å². The molecule has 0 saturated carbocycles. The van der Waals surface area contributed by atoms with Crippen molar-refractivity contribution in [2.45, 2.75) is 19.5 Å². The van der Waals surface area contributed by atoms with Crippen LogP contribution in [0.15, 0.2) is 0 Å². The second kappa shape index (κ2) is 7.38. The van der Waals surface area contributed by atoms with Crippen molar-refractivity contribution in [1.29, 1.82) is 0 Å². The van der Waals surface area contributed by atoms with Gasteiger partial charge in [-0.05, 0) is 6.92 Å². The van der Waals surface area contributed by atoms with Crippen molar-refractivity contribution < 1.29 is 27.4 Å². The summed E-state index contributed by atoms with van der Waals surface area (Å²) in [5.74, 6) is -0.968. The van der Waals surface area contributed by atoms with Gasteiger partial charge in [-0.25, -0.2) is 9.78 Å². The Balaban J connectivity index is 2.09.